The molecule has 0 radical (unpaired) electrons. The highest BCUT2D eigenvalue weighted by atomic mass is 79.9. The summed E-state index contributed by atoms with van der Waals surface area (Å²) < 4.78 is 10.6. The molecule has 0 spiro atoms. The Kier molecular flexibility index (Phi) is 5.17. The van der Waals surface area contributed by atoms with Crippen molar-refractivity contribution < 1.29 is 9.47 Å². The molecule has 0 N–H and O–H groups in total. The van der Waals surface area contributed by atoms with Crippen LogP contribution in [-0.2, 0) is 0 Å². The second kappa shape index (κ2) is 6.71. The summed E-state index contributed by atoms with van der Waals surface area (Å²) in [6.07, 6.45) is 0. The van der Waals surface area contributed by atoms with Gasteiger partial charge in [-0.3, -0.25) is 0 Å². The minimum atomic E-state index is 0.00436. The number of ether oxygens (including phenoxy) is 2. The molecule has 2 aromatic rings. The molecular formula is C17H18BrClO2. The van der Waals surface area contributed by atoms with Gasteiger partial charge in [0.05, 0.1) is 19.0 Å². The lowest BCUT2D eigenvalue weighted by atomic mass is 9.97. The third-order valence-corrected chi connectivity index (χ3v) is 5.01. The van der Waals surface area contributed by atoms with Crippen molar-refractivity contribution in [2.75, 3.05) is 14.2 Å². The van der Waals surface area contributed by atoms with Crippen molar-refractivity contribution in [1.82, 2.24) is 0 Å². The molecule has 1 atom stereocenters. The van der Waals surface area contributed by atoms with E-state index < -0.39 is 0 Å². The molecule has 2 aromatic carbocycles. The van der Waals surface area contributed by atoms with Gasteiger partial charge in [0.2, 0.25) is 0 Å². The Morgan fingerprint density at radius 1 is 1.00 bits per heavy atom. The molecule has 0 saturated heterocycles. The topological polar surface area (TPSA) is 18.5 Å². The Labute approximate surface area is 139 Å². The van der Waals surface area contributed by atoms with Gasteiger partial charge in [0.25, 0.3) is 0 Å². The molecule has 0 saturated carbocycles. The third kappa shape index (κ3) is 3.19. The molecule has 0 aliphatic heterocycles. The predicted octanol–water partition coefficient (Wildman–Crippen LogP) is 5.46. The molecule has 4 heteroatoms. The second-order valence-corrected chi connectivity index (χ2v) is 6.20. The van der Waals surface area contributed by atoms with Gasteiger partial charge in [-0.2, -0.15) is 0 Å². The van der Waals surface area contributed by atoms with Crippen molar-refractivity contribution in [3.05, 3.63) is 57.6 Å². The van der Waals surface area contributed by atoms with Gasteiger partial charge in [-0.1, -0.05) is 45.7 Å². The number of hydrogen-bond acceptors (Lipinski definition) is 2. The Hall–Kier alpha value is -1.19. The fourth-order valence-corrected chi connectivity index (χ4v) is 3.55. The fraction of sp³-hybridized carbons (Fsp3) is 0.294. The molecule has 2 rings (SSSR count). The lowest BCUT2D eigenvalue weighted by molar-refractivity contribution is 0.354. The standard InChI is InChI=1S/C17H18BrClO2/c1-10-6-5-7-12(11(10)2)17(18)13-8-15(20-3)16(21-4)9-14(13)19/h5-9,17H,1-4H3. The molecule has 1 unspecified atom stereocenters. The SMILES string of the molecule is COc1cc(Cl)c(C(Br)c2cccc(C)c2C)cc1OC. The van der Waals surface area contributed by atoms with Crippen LogP contribution in [-0.4, -0.2) is 14.2 Å². The van der Waals surface area contributed by atoms with E-state index in [0.29, 0.717) is 16.5 Å². The minimum Gasteiger partial charge on any atom is -0.493 e. The quantitative estimate of drug-likeness (QED) is 0.666. The zero-order chi connectivity index (χ0) is 15.6. The summed E-state index contributed by atoms with van der Waals surface area (Å²) in [6, 6.07) is 9.97. The van der Waals surface area contributed by atoms with Crippen LogP contribution >= 0.6 is 27.5 Å². The average Bonchev–Trinajstić information content (AvgIpc) is 2.49. The molecule has 0 aromatic heterocycles. The van der Waals surface area contributed by atoms with E-state index in [0.717, 1.165) is 5.56 Å². The Bertz CT molecular complexity index is 655. The van der Waals surface area contributed by atoms with Gasteiger partial charge >= 0.3 is 0 Å². The lowest BCUT2D eigenvalue weighted by Crippen LogP contribution is -2.00. The molecule has 0 heterocycles. The van der Waals surface area contributed by atoms with E-state index in [2.05, 4.69) is 48.0 Å². The fourth-order valence-electron chi connectivity index (χ4n) is 2.28. The van der Waals surface area contributed by atoms with Crippen LogP contribution in [0.15, 0.2) is 30.3 Å². The number of hydrogen-bond donors (Lipinski definition) is 0. The van der Waals surface area contributed by atoms with Crippen LogP contribution in [0.2, 0.25) is 5.02 Å². The second-order valence-electron chi connectivity index (χ2n) is 4.88. The van der Waals surface area contributed by atoms with E-state index in [1.165, 1.54) is 16.7 Å². The highest BCUT2D eigenvalue weighted by Crippen LogP contribution is 2.42. The van der Waals surface area contributed by atoms with E-state index in [-0.39, 0.29) is 4.83 Å². The van der Waals surface area contributed by atoms with Gasteiger partial charge in [-0.05, 0) is 42.2 Å². The first kappa shape index (κ1) is 16.2. The highest BCUT2D eigenvalue weighted by Gasteiger charge is 2.19. The van der Waals surface area contributed by atoms with Crippen LogP contribution < -0.4 is 9.47 Å². The molecule has 21 heavy (non-hydrogen) atoms. The first-order valence-corrected chi connectivity index (χ1v) is 7.90. The molecule has 0 bridgehead atoms. The number of alkyl halides is 1. The monoisotopic (exact) mass is 368 g/mol. The normalized spacial score (nSPS) is 12.1. The summed E-state index contributed by atoms with van der Waals surface area (Å²) in [5.41, 5.74) is 4.67. The summed E-state index contributed by atoms with van der Waals surface area (Å²) in [4.78, 5) is 0.00436. The van der Waals surface area contributed by atoms with E-state index in [1.54, 1.807) is 20.3 Å². The summed E-state index contributed by atoms with van der Waals surface area (Å²) >= 11 is 10.2. The maximum atomic E-state index is 6.41. The van der Waals surface area contributed by atoms with Crippen LogP contribution in [0.25, 0.3) is 0 Å². The molecule has 2 nitrogen and oxygen atoms in total. The number of benzene rings is 2. The van der Waals surface area contributed by atoms with Crippen LogP contribution in [0.4, 0.5) is 0 Å². The number of aryl methyl sites for hydroxylation is 1. The minimum absolute atomic E-state index is 0.00436. The molecular weight excluding hydrogens is 352 g/mol. The largest absolute Gasteiger partial charge is 0.493 e. The number of halogens is 2. The van der Waals surface area contributed by atoms with E-state index >= 15 is 0 Å². The molecule has 112 valence electrons. The zero-order valence-corrected chi connectivity index (χ0v) is 14.9. The number of rotatable bonds is 4. The van der Waals surface area contributed by atoms with Crippen LogP contribution in [0.3, 0.4) is 0 Å². The molecule has 0 amide bonds. The van der Waals surface area contributed by atoms with Gasteiger partial charge < -0.3 is 9.47 Å². The Morgan fingerprint density at radius 3 is 2.24 bits per heavy atom. The lowest BCUT2D eigenvalue weighted by Gasteiger charge is -2.18. The molecule has 0 fully saturated rings. The van der Waals surface area contributed by atoms with Gasteiger partial charge in [0.15, 0.2) is 11.5 Å². The summed E-state index contributed by atoms with van der Waals surface area (Å²) in [7, 11) is 3.22. The Balaban J connectivity index is 2.53. The summed E-state index contributed by atoms with van der Waals surface area (Å²) in [5.74, 6) is 1.30. The van der Waals surface area contributed by atoms with Crippen LogP contribution in [0.5, 0.6) is 11.5 Å². The van der Waals surface area contributed by atoms with Gasteiger partial charge in [0.1, 0.15) is 0 Å². The van der Waals surface area contributed by atoms with Crippen molar-refractivity contribution in [3.8, 4) is 11.5 Å². The molecule has 0 aliphatic carbocycles. The average molecular weight is 370 g/mol. The third-order valence-electron chi connectivity index (χ3n) is 3.70. The summed E-state index contributed by atoms with van der Waals surface area (Å²) in [5, 5.41) is 0.649. The van der Waals surface area contributed by atoms with Crippen LogP contribution in [0.1, 0.15) is 27.1 Å². The predicted molar refractivity (Wildman–Crippen MR) is 91.2 cm³/mol. The van der Waals surface area contributed by atoms with E-state index in [4.69, 9.17) is 21.1 Å². The van der Waals surface area contributed by atoms with E-state index in [9.17, 15) is 0 Å². The van der Waals surface area contributed by atoms with Gasteiger partial charge in [-0.25, -0.2) is 0 Å². The first-order chi connectivity index (χ1) is 9.99. The van der Waals surface area contributed by atoms with Crippen molar-refractivity contribution in [2.45, 2.75) is 18.7 Å². The maximum absolute atomic E-state index is 6.41. The van der Waals surface area contributed by atoms with Gasteiger partial charge in [-0.15, -0.1) is 0 Å². The van der Waals surface area contributed by atoms with Crippen molar-refractivity contribution in [3.63, 3.8) is 0 Å². The highest BCUT2D eigenvalue weighted by molar-refractivity contribution is 9.09. The zero-order valence-electron chi connectivity index (χ0n) is 12.5. The van der Waals surface area contributed by atoms with Crippen LogP contribution in [0, 0.1) is 13.8 Å². The first-order valence-electron chi connectivity index (χ1n) is 6.61. The van der Waals surface area contributed by atoms with Crippen molar-refractivity contribution in [1.29, 1.82) is 0 Å². The maximum Gasteiger partial charge on any atom is 0.162 e. The summed E-state index contributed by atoms with van der Waals surface area (Å²) in [6.45, 7) is 4.22. The van der Waals surface area contributed by atoms with E-state index in [1.807, 2.05) is 6.07 Å². The smallest absolute Gasteiger partial charge is 0.162 e. The number of methoxy groups -OCH3 is 2. The van der Waals surface area contributed by atoms with Crippen molar-refractivity contribution in [2.24, 2.45) is 0 Å². The molecule has 0 aliphatic rings. The van der Waals surface area contributed by atoms with Gasteiger partial charge in [0, 0.05) is 11.1 Å². The Morgan fingerprint density at radius 2 is 1.62 bits per heavy atom. The van der Waals surface area contributed by atoms with Crippen molar-refractivity contribution >= 4 is 27.5 Å².